The summed E-state index contributed by atoms with van der Waals surface area (Å²) in [7, 11) is 0. The van der Waals surface area contributed by atoms with E-state index in [0.29, 0.717) is 12.3 Å². The molecule has 0 spiro atoms. The van der Waals surface area contributed by atoms with Gasteiger partial charge >= 0.3 is 0 Å². The molecule has 1 unspecified atom stereocenters. The molecule has 2 aromatic heterocycles. The number of furan rings is 1. The van der Waals surface area contributed by atoms with Crippen molar-refractivity contribution in [3.8, 4) is 0 Å². The molecular weight excluding hydrogens is 248 g/mol. The summed E-state index contributed by atoms with van der Waals surface area (Å²) >= 11 is 1.62. The van der Waals surface area contributed by atoms with Crippen molar-refractivity contribution < 1.29 is 9.21 Å². The van der Waals surface area contributed by atoms with Gasteiger partial charge < -0.3 is 9.32 Å². The van der Waals surface area contributed by atoms with Crippen LogP contribution in [0.2, 0.25) is 0 Å². The van der Waals surface area contributed by atoms with Crippen LogP contribution in [0.1, 0.15) is 16.6 Å². The van der Waals surface area contributed by atoms with Crippen LogP contribution in [-0.2, 0) is 11.3 Å². The average molecular weight is 260 g/mol. The smallest absolute Gasteiger partial charge is 0.234 e. The van der Waals surface area contributed by atoms with E-state index >= 15 is 0 Å². The van der Waals surface area contributed by atoms with Crippen LogP contribution in [0, 0.1) is 0 Å². The molecule has 0 bridgehead atoms. The second-order valence-corrected chi connectivity index (χ2v) is 5.13. The lowest BCUT2D eigenvalue weighted by atomic mass is 10.2. The topological polar surface area (TPSA) is 46.3 Å². The first-order valence-electron chi connectivity index (χ1n) is 5.67. The maximum atomic E-state index is 11.9. The Bertz CT molecular complexity index is 527. The predicted molar refractivity (Wildman–Crippen MR) is 68.7 cm³/mol. The number of carbonyl (C=O) groups is 1. The molecule has 4 nitrogen and oxygen atoms in total. The Morgan fingerprint density at radius 1 is 1.44 bits per heavy atom. The summed E-state index contributed by atoms with van der Waals surface area (Å²) in [4.78, 5) is 18.0. The highest BCUT2D eigenvalue weighted by molar-refractivity contribution is 8.00. The zero-order valence-corrected chi connectivity index (χ0v) is 10.5. The number of thioether (sulfide) groups is 1. The standard InChI is InChI=1S/C13H12N2O2S/c16-12-9-18-13(10-4-6-17-8-10)15(12)7-11-3-1-2-5-14-11/h1-6,8,13H,7,9H2. The predicted octanol–water partition coefficient (Wildman–Crippen LogP) is 2.45. The number of hydrogen-bond acceptors (Lipinski definition) is 4. The van der Waals surface area contributed by atoms with Crippen LogP contribution < -0.4 is 0 Å². The zero-order valence-electron chi connectivity index (χ0n) is 9.65. The quantitative estimate of drug-likeness (QED) is 0.850. The Hall–Kier alpha value is -1.75. The van der Waals surface area contributed by atoms with Gasteiger partial charge in [-0.3, -0.25) is 9.78 Å². The number of hydrogen-bond donors (Lipinski definition) is 0. The second kappa shape index (κ2) is 4.86. The number of rotatable bonds is 3. The van der Waals surface area contributed by atoms with Crippen molar-refractivity contribution in [3.63, 3.8) is 0 Å². The van der Waals surface area contributed by atoms with Gasteiger partial charge in [-0.05, 0) is 18.2 Å². The van der Waals surface area contributed by atoms with Crippen molar-refractivity contribution >= 4 is 17.7 Å². The van der Waals surface area contributed by atoms with Gasteiger partial charge in [-0.15, -0.1) is 11.8 Å². The maximum absolute atomic E-state index is 11.9. The van der Waals surface area contributed by atoms with Gasteiger partial charge in [-0.25, -0.2) is 0 Å². The highest BCUT2D eigenvalue weighted by atomic mass is 32.2. The third-order valence-electron chi connectivity index (χ3n) is 2.85. The number of pyridine rings is 1. The normalized spacial score (nSPS) is 19.4. The zero-order chi connectivity index (χ0) is 12.4. The van der Waals surface area contributed by atoms with E-state index in [4.69, 9.17) is 4.42 Å². The maximum Gasteiger partial charge on any atom is 0.234 e. The summed E-state index contributed by atoms with van der Waals surface area (Å²) < 4.78 is 5.09. The van der Waals surface area contributed by atoms with Crippen molar-refractivity contribution in [3.05, 3.63) is 54.2 Å². The summed E-state index contributed by atoms with van der Waals surface area (Å²) in [6.07, 6.45) is 5.08. The first-order chi connectivity index (χ1) is 8.84. The highest BCUT2D eigenvalue weighted by Crippen LogP contribution is 2.39. The minimum Gasteiger partial charge on any atom is -0.472 e. The molecule has 92 valence electrons. The summed E-state index contributed by atoms with van der Waals surface area (Å²) in [5, 5.41) is 0.0401. The van der Waals surface area contributed by atoms with Crippen molar-refractivity contribution in [2.75, 3.05) is 5.75 Å². The molecular formula is C13H12N2O2S. The third-order valence-corrected chi connectivity index (χ3v) is 4.11. The molecule has 1 amide bonds. The number of aromatic nitrogens is 1. The number of nitrogens with zero attached hydrogens (tertiary/aromatic N) is 2. The molecule has 18 heavy (non-hydrogen) atoms. The monoisotopic (exact) mass is 260 g/mol. The van der Waals surface area contributed by atoms with Gasteiger partial charge in [0.25, 0.3) is 0 Å². The Balaban J connectivity index is 1.82. The molecule has 3 heterocycles. The Labute approximate surface area is 109 Å². The van der Waals surface area contributed by atoms with E-state index in [2.05, 4.69) is 4.98 Å². The first-order valence-corrected chi connectivity index (χ1v) is 6.72. The van der Waals surface area contributed by atoms with Crippen LogP contribution in [0.5, 0.6) is 0 Å². The molecule has 0 N–H and O–H groups in total. The van der Waals surface area contributed by atoms with Crippen LogP contribution in [-0.4, -0.2) is 21.5 Å². The van der Waals surface area contributed by atoms with Gasteiger partial charge in [0.15, 0.2) is 0 Å². The molecule has 1 aliphatic rings. The van der Waals surface area contributed by atoms with Crippen LogP contribution >= 0.6 is 11.8 Å². The third kappa shape index (κ3) is 2.13. The first kappa shape index (κ1) is 11.3. The summed E-state index contributed by atoms with van der Waals surface area (Å²) in [6.45, 7) is 0.544. The lowest BCUT2D eigenvalue weighted by Crippen LogP contribution is -2.27. The lowest BCUT2D eigenvalue weighted by Gasteiger charge is -2.22. The van der Waals surface area contributed by atoms with Gasteiger partial charge in [0.2, 0.25) is 5.91 Å². The number of amides is 1. The van der Waals surface area contributed by atoms with Gasteiger partial charge in [-0.1, -0.05) is 6.07 Å². The van der Waals surface area contributed by atoms with E-state index in [0.717, 1.165) is 11.3 Å². The van der Waals surface area contributed by atoms with E-state index in [1.807, 2.05) is 29.2 Å². The molecule has 0 aliphatic carbocycles. The molecule has 3 rings (SSSR count). The van der Waals surface area contributed by atoms with Gasteiger partial charge in [0.05, 0.1) is 30.5 Å². The van der Waals surface area contributed by atoms with E-state index in [9.17, 15) is 4.79 Å². The molecule has 1 aliphatic heterocycles. The van der Waals surface area contributed by atoms with Crippen LogP contribution in [0.3, 0.4) is 0 Å². The molecule has 1 saturated heterocycles. The van der Waals surface area contributed by atoms with E-state index in [-0.39, 0.29) is 11.3 Å². The Morgan fingerprint density at radius 3 is 3.11 bits per heavy atom. The van der Waals surface area contributed by atoms with Gasteiger partial charge in [-0.2, -0.15) is 0 Å². The van der Waals surface area contributed by atoms with Gasteiger partial charge in [0, 0.05) is 11.8 Å². The molecule has 0 saturated carbocycles. The fourth-order valence-corrected chi connectivity index (χ4v) is 3.15. The van der Waals surface area contributed by atoms with Crippen LogP contribution in [0.25, 0.3) is 0 Å². The SMILES string of the molecule is O=C1CSC(c2ccoc2)N1Cc1ccccn1. The highest BCUT2D eigenvalue weighted by Gasteiger charge is 2.33. The second-order valence-electron chi connectivity index (χ2n) is 4.06. The minimum absolute atomic E-state index is 0.0401. The molecule has 5 heteroatoms. The minimum atomic E-state index is 0.0401. The average Bonchev–Trinajstić information content (AvgIpc) is 3.02. The largest absolute Gasteiger partial charge is 0.472 e. The van der Waals surface area contributed by atoms with E-state index in [1.165, 1.54) is 0 Å². The summed E-state index contributed by atoms with van der Waals surface area (Å²) in [6, 6.07) is 7.64. The molecule has 1 fully saturated rings. The fourth-order valence-electron chi connectivity index (χ4n) is 1.98. The van der Waals surface area contributed by atoms with Gasteiger partial charge in [0.1, 0.15) is 5.37 Å². The van der Waals surface area contributed by atoms with Crippen molar-refractivity contribution in [1.82, 2.24) is 9.88 Å². The molecule has 2 aromatic rings. The molecule has 0 aromatic carbocycles. The molecule has 0 radical (unpaired) electrons. The molecule has 1 atom stereocenters. The Morgan fingerprint density at radius 2 is 2.39 bits per heavy atom. The lowest BCUT2D eigenvalue weighted by molar-refractivity contribution is -0.128. The van der Waals surface area contributed by atoms with Crippen LogP contribution in [0.15, 0.2) is 47.4 Å². The van der Waals surface area contributed by atoms with E-state index in [1.54, 1.807) is 30.5 Å². The summed E-state index contributed by atoms with van der Waals surface area (Å²) in [5.41, 5.74) is 1.93. The van der Waals surface area contributed by atoms with Crippen molar-refractivity contribution in [2.45, 2.75) is 11.9 Å². The van der Waals surface area contributed by atoms with Crippen LogP contribution in [0.4, 0.5) is 0 Å². The van der Waals surface area contributed by atoms with E-state index < -0.39 is 0 Å². The van der Waals surface area contributed by atoms with Crippen molar-refractivity contribution in [2.24, 2.45) is 0 Å². The fraction of sp³-hybridized carbons (Fsp3) is 0.231. The Kier molecular flexibility index (Phi) is 3.06. The summed E-state index contributed by atoms with van der Waals surface area (Å²) in [5.74, 6) is 0.666. The number of carbonyl (C=O) groups excluding carboxylic acids is 1. The van der Waals surface area contributed by atoms with Crippen molar-refractivity contribution in [1.29, 1.82) is 0 Å².